The summed E-state index contributed by atoms with van der Waals surface area (Å²) in [5.74, 6) is -1.74. The van der Waals surface area contributed by atoms with E-state index < -0.39 is 17.9 Å². The van der Waals surface area contributed by atoms with Gasteiger partial charge >= 0.3 is 5.97 Å². The van der Waals surface area contributed by atoms with Crippen molar-refractivity contribution in [2.45, 2.75) is 12.5 Å². The highest BCUT2D eigenvalue weighted by Gasteiger charge is 2.21. The third-order valence-corrected chi connectivity index (χ3v) is 2.27. The summed E-state index contributed by atoms with van der Waals surface area (Å²) in [6.07, 6.45) is 1.58. The van der Waals surface area contributed by atoms with E-state index in [1.54, 1.807) is 6.07 Å². The minimum Gasteiger partial charge on any atom is -0.480 e. The van der Waals surface area contributed by atoms with E-state index in [0.717, 1.165) is 0 Å². The van der Waals surface area contributed by atoms with Crippen molar-refractivity contribution in [3.8, 4) is 0 Å². The second kappa shape index (κ2) is 6.55. The smallest absolute Gasteiger partial charge is 0.326 e. The molecule has 7 nitrogen and oxygen atoms in total. The van der Waals surface area contributed by atoms with Crippen molar-refractivity contribution in [1.29, 1.82) is 0 Å². The van der Waals surface area contributed by atoms with Crippen LogP contribution in [-0.4, -0.2) is 41.7 Å². The maximum absolute atomic E-state index is 11.8. The minimum absolute atomic E-state index is 0.0150. The van der Waals surface area contributed by atoms with Gasteiger partial charge in [0.15, 0.2) is 5.69 Å². The number of amides is 1. The van der Waals surface area contributed by atoms with Crippen LogP contribution in [-0.2, 0) is 9.53 Å². The maximum atomic E-state index is 11.8. The average Bonchev–Trinajstić information content (AvgIpc) is 2.34. The van der Waals surface area contributed by atoms with Gasteiger partial charge in [0.2, 0.25) is 0 Å². The highest BCUT2D eigenvalue weighted by atomic mass is 16.5. The molecule has 0 aliphatic heterocycles. The zero-order valence-corrected chi connectivity index (χ0v) is 9.92. The van der Waals surface area contributed by atoms with Gasteiger partial charge in [-0.05, 0) is 12.1 Å². The van der Waals surface area contributed by atoms with Crippen LogP contribution in [0.5, 0.6) is 0 Å². The highest BCUT2D eigenvalue weighted by molar-refractivity contribution is 5.98. The number of carbonyl (C=O) groups is 2. The fourth-order valence-electron chi connectivity index (χ4n) is 1.33. The van der Waals surface area contributed by atoms with Crippen LogP contribution in [0.3, 0.4) is 0 Å². The molecule has 18 heavy (non-hydrogen) atoms. The SMILES string of the molecule is COCCC(NC(=O)c1ncccc1N)C(=O)O. The summed E-state index contributed by atoms with van der Waals surface area (Å²) in [7, 11) is 1.46. The molecule has 1 unspecified atom stereocenters. The van der Waals surface area contributed by atoms with Crippen LogP contribution in [0, 0.1) is 0 Å². The molecule has 1 atom stereocenters. The molecule has 1 aromatic heterocycles. The Labute approximate surface area is 104 Å². The zero-order chi connectivity index (χ0) is 13.5. The Bertz CT molecular complexity index is 436. The molecule has 1 rings (SSSR count). The molecular weight excluding hydrogens is 238 g/mol. The van der Waals surface area contributed by atoms with Crippen LogP contribution in [0.2, 0.25) is 0 Å². The first kappa shape index (κ1) is 13.9. The standard InChI is InChI=1S/C11H15N3O4/c1-18-6-4-8(11(16)17)14-10(15)9-7(12)3-2-5-13-9/h2-3,5,8H,4,6,12H2,1H3,(H,14,15)(H,16,17). The fraction of sp³-hybridized carbons (Fsp3) is 0.364. The number of hydrogen-bond acceptors (Lipinski definition) is 5. The van der Waals surface area contributed by atoms with Gasteiger partial charge in [-0.3, -0.25) is 4.79 Å². The van der Waals surface area contributed by atoms with Gasteiger partial charge in [-0.2, -0.15) is 0 Å². The number of aromatic nitrogens is 1. The van der Waals surface area contributed by atoms with E-state index in [1.165, 1.54) is 19.4 Å². The molecule has 1 amide bonds. The largest absolute Gasteiger partial charge is 0.480 e. The summed E-state index contributed by atoms with van der Waals surface area (Å²) in [6, 6.07) is 2.08. The molecule has 4 N–H and O–H groups in total. The van der Waals surface area contributed by atoms with Gasteiger partial charge in [-0.15, -0.1) is 0 Å². The first-order valence-corrected chi connectivity index (χ1v) is 5.29. The van der Waals surface area contributed by atoms with Crippen molar-refractivity contribution in [3.05, 3.63) is 24.0 Å². The molecule has 0 saturated heterocycles. The van der Waals surface area contributed by atoms with Gasteiger partial charge in [0.1, 0.15) is 6.04 Å². The number of nitrogen functional groups attached to an aromatic ring is 1. The predicted molar refractivity (Wildman–Crippen MR) is 64.0 cm³/mol. The number of aliphatic carboxylic acids is 1. The Morgan fingerprint density at radius 3 is 2.89 bits per heavy atom. The van der Waals surface area contributed by atoms with Crippen LogP contribution >= 0.6 is 0 Å². The van der Waals surface area contributed by atoms with Gasteiger partial charge in [-0.25, -0.2) is 9.78 Å². The molecular formula is C11H15N3O4. The maximum Gasteiger partial charge on any atom is 0.326 e. The molecule has 1 heterocycles. The Morgan fingerprint density at radius 2 is 2.33 bits per heavy atom. The van der Waals surface area contributed by atoms with Crippen LogP contribution in [0.15, 0.2) is 18.3 Å². The Morgan fingerprint density at radius 1 is 1.61 bits per heavy atom. The molecule has 0 saturated carbocycles. The summed E-state index contributed by atoms with van der Waals surface area (Å²) in [5.41, 5.74) is 5.79. The lowest BCUT2D eigenvalue weighted by molar-refractivity contribution is -0.139. The zero-order valence-electron chi connectivity index (χ0n) is 9.92. The van der Waals surface area contributed by atoms with E-state index in [1.807, 2.05) is 0 Å². The van der Waals surface area contributed by atoms with Crippen LogP contribution in [0.1, 0.15) is 16.9 Å². The van der Waals surface area contributed by atoms with Gasteiger partial charge in [0.05, 0.1) is 5.69 Å². The van der Waals surface area contributed by atoms with Crippen LogP contribution in [0.25, 0.3) is 0 Å². The summed E-state index contributed by atoms with van der Waals surface area (Å²) < 4.78 is 4.78. The number of rotatable bonds is 6. The first-order valence-electron chi connectivity index (χ1n) is 5.29. The monoisotopic (exact) mass is 253 g/mol. The lowest BCUT2D eigenvalue weighted by atomic mass is 10.2. The highest BCUT2D eigenvalue weighted by Crippen LogP contribution is 2.07. The van der Waals surface area contributed by atoms with Gasteiger partial charge in [0, 0.05) is 26.3 Å². The molecule has 0 aliphatic carbocycles. The Balaban J connectivity index is 2.72. The number of nitrogens with zero attached hydrogens (tertiary/aromatic N) is 1. The number of pyridine rings is 1. The topological polar surface area (TPSA) is 115 Å². The quantitative estimate of drug-likeness (QED) is 0.651. The van der Waals surface area contributed by atoms with Crippen molar-refractivity contribution in [2.24, 2.45) is 0 Å². The number of carboxylic acid groups (broad SMARTS) is 1. The molecule has 0 aromatic carbocycles. The number of carboxylic acids is 1. The fourth-order valence-corrected chi connectivity index (χ4v) is 1.33. The molecule has 98 valence electrons. The van der Waals surface area contributed by atoms with Gasteiger partial charge < -0.3 is 20.9 Å². The van der Waals surface area contributed by atoms with E-state index >= 15 is 0 Å². The van der Waals surface area contributed by atoms with Crippen LogP contribution < -0.4 is 11.1 Å². The molecule has 7 heteroatoms. The molecule has 0 bridgehead atoms. The predicted octanol–water partition coefficient (Wildman–Crippen LogP) is -0.117. The summed E-state index contributed by atoms with van der Waals surface area (Å²) in [5, 5.41) is 11.3. The molecule has 0 spiro atoms. The van der Waals surface area contributed by atoms with E-state index in [0.29, 0.717) is 0 Å². The third-order valence-electron chi connectivity index (χ3n) is 2.27. The van der Waals surface area contributed by atoms with Crippen molar-refractivity contribution in [2.75, 3.05) is 19.5 Å². The number of nitrogens with one attached hydrogen (secondary N) is 1. The number of carbonyl (C=O) groups excluding carboxylic acids is 1. The second-order valence-corrected chi connectivity index (χ2v) is 3.59. The van der Waals surface area contributed by atoms with E-state index in [2.05, 4.69) is 10.3 Å². The summed E-state index contributed by atoms with van der Waals surface area (Å²) in [6.45, 7) is 0.231. The first-order chi connectivity index (χ1) is 8.56. The van der Waals surface area contributed by atoms with E-state index in [4.69, 9.17) is 15.6 Å². The van der Waals surface area contributed by atoms with Gasteiger partial charge in [-0.1, -0.05) is 0 Å². The lowest BCUT2D eigenvalue weighted by Crippen LogP contribution is -2.42. The number of anilines is 1. The van der Waals surface area contributed by atoms with Crippen molar-refractivity contribution in [1.82, 2.24) is 10.3 Å². The molecule has 0 radical (unpaired) electrons. The van der Waals surface area contributed by atoms with E-state index in [9.17, 15) is 9.59 Å². The normalized spacial score (nSPS) is 11.8. The van der Waals surface area contributed by atoms with Crippen molar-refractivity contribution >= 4 is 17.6 Å². The molecule has 1 aromatic rings. The average molecular weight is 253 g/mol. The number of methoxy groups -OCH3 is 1. The number of ether oxygens (including phenoxy) is 1. The van der Waals surface area contributed by atoms with Crippen LogP contribution in [0.4, 0.5) is 5.69 Å². The van der Waals surface area contributed by atoms with E-state index in [-0.39, 0.29) is 24.4 Å². The van der Waals surface area contributed by atoms with Crippen molar-refractivity contribution in [3.63, 3.8) is 0 Å². The minimum atomic E-state index is -1.13. The third kappa shape index (κ3) is 3.70. The summed E-state index contributed by atoms with van der Waals surface area (Å²) in [4.78, 5) is 26.5. The van der Waals surface area contributed by atoms with Crippen molar-refractivity contribution < 1.29 is 19.4 Å². The number of nitrogens with two attached hydrogens (primary N) is 1. The lowest BCUT2D eigenvalue weighted by Gasteiger charge is -2.14. The molecule has 0 aliphatic rings. The second-order valence-electron chi connectivity index (χ2n) is 3.59. The number of hydrogen-bond donors (Lipinski definition) is 3. The Kier molecular flexibility index (Phi) is 5.06. The van der Waals surface area contributed by atoms with Gasteiger partial charge in [0.25, 0.3) is 5.91 Å². The molecule has 0 fully saturated rings. The summed E-state index contributed by atoms with van der Waals surface area (Å²) >= 11 is 0. The Hall–Kier alpha value is -2.15.